The molecule has 0 bridgehead atoms. The number of nitrogens with one attached hydrogen (secondary N) is 1. The van der Waals surface area contributed by atoms with Crippen molar-refractivity contribution in [1.29, 1.82) is 0 Å². The molecule has 0 unspecified atom stereocenters. The molecule has 5 heteroatoms. The van der Waals surface area contributed by atoms with Gasteiger partial charge in [-0.1, -0.05) is 12.1 Å². The average molecular weight is 285 g/mol. The molecule has 0 spiro atoms. The fourth-order valence-electron chi connectivity index (χ4n) is 2.06. The molecule has 0 amide bonds. The Balaban J connectivity index is 1.83. The molecule has 1 aromatic carbocycles. The van der Waals surface area contributed by atoms with Gasteiger partial charge in [0.15, 0.2) is 0 Å². The third-order valence-corrected chi connectivity index (χ3v) is 4.22. The second kappa shape index (κ2) is 5.46. The highest BCUT2D eigenvalue weighted by Gasteiger charge is 2.07. The molecular formula is C15H15N3OS. The summed E-state index contributed by atoms with van der Waals surface area (Å²) in [5.41, 5.74) is 3.37. The maximum Gasteiger partial charge on any atom is 0.147 e. The van der Waals surface area contributed by atoms with Gasteiger partial charge in [0.05, 0.1) is 17.3 Å². The van der Waals surface area contributed by atoms with Gasteiger partial charge >= 0.3 is 0 Å². The van der Waals surface area contributed by atoms with Crippen LogP contribution in [0, 0.1) is 6.92 Å². The van der Waals surface area contributed by atoms with Crippen LogP contribution in [-0.2, 0) is 6.54 Å². The molecule has 2 aromatic heterocycles. The number of rotatable bonds is 4. The predicted molar refractivity (Wildman–Crippen MR) is 82.5 cm³/mol. The van der Waals surface area contributed by atoms with Gasteiger partial charge in [-0.25, -0.2) is 9.97 Å². The van der Waals surface area contributed by atoms with Crippen molar-refractivity contribution >= 4 is 27.4 Å². The molecule has 3 aromatic rings. The Morgan fingerprint density at radius 1 is 1.30 bits per heavy atom. The lowest BCUT2D eigenvalue weighted by Gasteiger charge is -2.07. The molecule has 4 nitrogen and oxygen atoms in total. The Labute approximate surface area is 121 Å². The van der Waals surface area contributed by atoms with Crippen LogP contribution < -0.4 is 10.1 Å². The van der Waals surface area contributed by atoms with Crippen molar-refractivity contribution in [1.82, 2.24) is 9.97 Å². The topological polar surface area (TPSA) is 47.0 Å². The molecule has 0 saturated carbocycles. The lowest BCUT2D eigenvalue weighted by molar-refractivity contribution is 0.414. The van der Waals surface area contributed by atoms with E-state index in [0.29, 0.717) is 6.54 Å². The minimum Gasteiger partial charge on any atom is -0.497 e. The molecule has 0 aliphatic heterocycles. The van der Waals surface area contributed by atoms with Crippen LogP contribution in [-0.4, -0.2) is 17.1 Å². The van der Waals surface area contributed by atoms with Gasteiger partial charge in [-0.3, -0.25) is 0 Å². The average Bonchev–Trinajstić information content (AvgIpc) is 2.88. The number of hydrogen-bond acceptors (Lipinski definition) is 5. The minimum absolute atomic E-state index is 0.709. The van der Waals surface area contributed by atoms with Crippen LogP contribution in [0.25, 0.3) is 10.2 Å². The van der Waals surface area contributed by atoms with Gasteiger partial charge < -0.3 is 10.1 Å². The first kappa shape index (κ1) is 12.9. The van der Waals surface area contributed by atoms with E-state index in [1.54, 1.807) is 24.8 Å². The highest BCUT2D eigenvalue weighted by atomic mass is 32.1. The summed E-state index contributed by atoms with van der Waals surface area (Å²) in [6.07, 6.45) is 1.61. The van der Waals surface area contributed by atoms with Gasteiger partial charge in [-0.15, -0.1) is 11.3 Å². The first-order valence-corrected chi connectivity index (χ1v) is 7.21. The summed E-state index contributed by atoms with van der Waals surface area (Å²) in [7, 11) is 1.68. The largest absolute Gasteiger partial charge is 0.497 e. The van der Waals surface area contributed by atoms with Gasteiger partial charge in [-0.2, -0.15) is 0 Å². The number of aryl methyl sites for hydroxylation is 1. The lowest BCUT2D eigenvalue weighted by atomic mass is 10.2. The molecule has 1 N–H and O–H groups in total. The third-order valence-electron chi connectivity index (χ3n) is 3.13. The number of thiophene rings is 1. The van der Waals surface area contributed by atoms with E-state index in [9.17, 15) is 0 Å². The van der Waals surface area contributed by atoms with Gasteiger partial charge in [0, 0.05) is 6.54 Å². The van der Waals surface area contributed by atoms with Crippen LogP contribution in [0.5, 0.6) is 5.75 Å². The molecular weight excluding hydrogens is 270 g/mol. The van der Waals surface area contributed by atoms with Crippen LogP contribution in [0.1, 0.15) is 11.1 Å². The highest BCUT2D eigenvalue weighted by molar-refractivity contribution is 7.18. The molecule has 20 heavy (non-hydrogen) atoms. The van der Waals surface area contributed by atoms with Crippen molar-refractivity contribution in [3.05, 3.63) is 47.1 Å². The number of fused-ring (bicyclic) bond motifs is 1. The molecule has 0 aliphatic rings. The van der Waals surface area contributed by atoms with E-state index >= 15 is 0 Å². The van der Waals surface area contributed by atoms with Gasteiger partial charge in [-0.05, 0) is 35.6 Å². The van der Waals surface area contributed by atoms with Gasteiger partial charge in [0.25, 0.3) is 0 Å². The van der Waals surface area contributed by atoms with E-state index in [-0.39, 0.29) is 0 Å². The third kappa shape index (κ3) is 2.44. The lowest BCUT2D eigenvalue weighted by Crippen LogP contribution is -2.02. The zero-order valence-electron chi connectivity index (χ0n) is 11.4. The molecule has 3 rings (SSSR count). The van der Waals surface area contributed by atoms with E-state index < -0.39 is 0 Å². The summed E-state index contributed by atoms with van der Waals surface area (Å²) in [4.78, 5) is 8.66. The first-order chi connectivity index (χ1) is 9.78. The molecule has 0 saturated heterocycles. The van der Waals surface area contributed by atoms with Crippen molar-refractivity contribution in [2.75, 3.05) is 12.4 Å². The number of nitrogens with zero attached hydrogens (tertiary/aromatic N) is 2. The predicted octanol–water partition coefficient (Wildman–Crippen LogP) is 3.62. The second-order valence-electron chi connectivity index (χ2n) is 4.52. The minimum atomic E-state index is 0.709. The summed E-state index contributed by atoms with van der Waals surface area (Å²) in [5.74, 6) is 1.75. The Morgan fingerprint density at radius 3 is 3.05 bits per heavy atom. The monoisotopic (exact) mass is 285 g/mol. The van der Waals surface area contributed by atoms with Crippen LogP contribution in [0.2, 0.25) is 0 Å². The number of hydrogen-bond donors (Lipinski definition) is 1. The Hall–Kier alpha value is -2.14. The van der Waals surface area contributed by atoms with Gasteiger partial charge in [0.1, 0.15) is 17.9 Å². The number of aromatic nitrogens is 2. The zero-order chi connectivity index (χ0) is 13.9. The zero-order valence-corrected chi connectivity index (χ0v) is 12.2. The highest BCUT2D eigenvalue weighted by Crippen LogP contribution is 2.28. The van der Waals surface area contributed by atoms with Crippen molar-refractivity contribution in [3.63, 3.8) is 0 Å². The molecule has 0 aliphatic carbocycles. The van der Waals surface area contributed by atoms with E-state index in [2.05, 4.69) is 33.7 Å². The van der Waals surface area contributed by atoms with Gasteiger partial charge in [0.2, 0.25) is 0 Å². The van der Waals surface area contributed by atoms with E-state index in [0.717, 1.165) is 27.3 Å². The Kier molecular flexibility index (Phi) is 3.52. The summed E-state index contributed by atoms with van der Waals surface area (Å²) >= 11 is 1.67. The van der Waals surface area contributed by atoms with Crippen molar-refractivity contribution in [2.24, 2.45) is 0 Å². The number of methoxy groups -OCH3 is 1. The summed E-state index contributed by atoms with van der Waals surface area (Å²) < 4.78 is 6.33. The van der Waals surface area contributed by atoms with Crippen LogP contribution in [0.3, 0.4) is 0 Å². The standard InChI is InChI=1S/C15H15N3OS/c1-10-8-20-14-13(10)17-9-18-15(14)16-7-11-4-3-5-12(6-11)19-2/h3-6,8-9H,7H2,1-2H3,(H,16,17,18). The first-order valence-electron chi connectivity index (χ1n) is 6.33. The van der Waals surface area contributed by atoms with Crippen LogP contribution >= 0.6 is 11.3 Å². The summed E-state index contributed by atoms with van der Waals surface area (Å²) in [6, 6.07) is 8.01. The number of ether oxygens (including phenoxy) is 1. The molecule has 102 valence electrons. The second-order valence-corrected chi connectivity index (χ2v) is 5.40. The molecule has 2 heterocycles. The van der Waals surface area contributed by atoms with Crippen molar-refractivity contribution in [2.45, 2.75) is 13.5 Å². The Morgan fingerprint density at radius 2 is 2.20 bits per heavy atom. The molecule has 0 fully saturated rings. The number of anilines is 1. The molecule has 0 radical (unpaired) electrons. The van der Waals surface area contributed by atoms with Crippen LogP contribution in [0.4, 0.5) is 5.82 Å². The quantitative estimate of drug-likeness (QED) is 0.795. The molecule has 0 atom stereocenters. The Bertz CT molecular complexity index is 739. The van der Waals surface area contributed by atoms with Crippen molar-refractivity contribution < 1.29 is 4.74 Å². The van der Waals surface area contributed by atoms with E-state index in [1.807, 2.05) is 18.2 Å². The normalized spacial score (nSPS) is 10.7. The fourth-order valence-corrected chi connectivity index (χ4v) is 3.03. The maximum absolute atomic E-state index is 5.23. The van der Waals surface area contributed by atoms with E-state index in [1.165, 1.54) is 5.56 Å². The number of benzene rings is 1. The fraction of sp³-hybridized carbons (Fsp3) is 0.200. The van der Waals surface area contributed by atoms with E-state index in [4.69, 9.17) is 4.74 Å². The summed E-state index contributed by atoms with van der Waals surface area (Å²) in [6.45, 7) is 2.78. The van der Waals surface area contributed by atoms with Crippen LogP contribution in [0.15, 0.2) is 36.0 Å². The van der Waals surface area contributed by atoms with Crippen molar-refractivity contribution in [3.8, 4) is 5.75 Å². The SMILES string of the molecule is COc1cccc(CNc2ncnc3c(C)csc23)c1. The maximum atomic E-state index is 5.23. The summed E-state index contributed by atoms with van der Waals surface area (Å²) in [5, 5.41) is 5.48. The smallest absolute Gasteiger partial charge is 0.147 e.